The van der Waals surface area contributed by atoms with Gasteiger partial charge < -0.3 is 14.8 Å². The number of methoxy groups -OCH3 is 1. The fourth-order valence-corrected chi connectivity index (χ4v) is 1.10. The average molecular weight is 215 g/mol. The number of carbonyl (C=O) groups excluding carboxylic acids is 1. The Hall–Kier alpha value is -1.11. The number of nitrogens with zero attached hydrogens (tertiary/aromatic N) is 1. The van der Waals surface area contributed by atoms with Crippen molar-refractivity contribution in [1.29, 1.82) is 0 Å². The highest BCUT2D eigenvalue weighted by molar-refractivity contribution is 6.57. The van der Waals surface area contributed by atoms with Crippen LogP contribution in [0.5, 0.6) is 0 Å². The van der Waals surface area contributed by atoms with Crippen molar-refractivity contribution in [3.63, 3.8) is 0 Å². The summed E-state index contributed by atoms with van der Waals surface area (Å²) in [7, 11) is -0.553. The van der Waals surface area contributed by atoms with Crippen LogP contribution in [0.3, 0.4) is 0 Å². The monoisotopic (exact) mass is 215 g/mol. The highest BCUT2D eigenvalue weighted by Crippen LogP contribution is 2.07. The molecule has 74 valence electrons. The van der Waals surface area contributed by atoms with Gasteiger partial charge in [-0.25, -0.2) is 9.78 Å². The molecule has 1 aromatic rings. The number of hydrogen-bond donors (Lipinski definition) is 2. The van der Waals surface area contributed by atoms with Gasteiger partial charge in [0.15, 0.2) is 0 Å². The lowest BCUT2D eigenvalue weighted by molar-refractivity contribution is 0.0600. The van der Waals surface area contributed by atoms with Gasteiger partial charge in [0.1, 0.15) is 5.15 Å². The molecular formula is C7H7BClNO4. The van der Waals surface area contributed by atoms with Crippen molar-refractivity contribution in [2.24, 2.45) is 0 Å². The second-order valence-corrected chi connectivity index (χ2v) is 2.86. The first kappa shape index (κ1) is 11.0. The second kappa shape index (κ2) is 4.41. The fourth-order valence-electron chi connectivity index (χ4n) is 0.885. The highest BCUT2D eigenvalue weighted by atomic mass is 35.5. The summed E-state index contributed by atoms with van der Waals surface area (Å²) in [6, 6.07) is 2.47. The van der Waals surface area contributed by atoms with Crippen LogP contribution in [-0.4, -0.2) is 35.2 Å². The summed E-state index contributed by atoms with van der Waals surface area (Å²) in [5.74, 6) is -0.615. The second-order valence-electron chi connectivity index (χ2n) is 2.47. The first-order chi connectivity index (χ1) is 6.54. The number of halogens is 1. The van der Waals surface area contributed by atoms with E-state index in [-0.39, 0.29) is 16.3 Å². The Bertz CT molecular complexity index is 358. The van der Waals surface area contributed by atoms with Crippen molar-refractivity contribution in [3.05, 3.63) is 22.8 Å². The molecule has 2 N–H and O–H groups in total. The van der Waals surface area contributed by atoms with Gasteiger partial charge in [-0.05, 0) is 12.1 Å². The lowest BCUT2D eigenvalue weighted by Crippen LogP contribution is -2.33. The molecule has 0 unspecified atom stereocenters. The Morgan fingerprint density at radius 1 is 1.57 bits per heavy atom. The van der Waals surface area contributed by atoms with Crippen molar-refractivity contribution in [2.45, 2.75) is 0 Å². The number of esters is 1. The lowest BCUT2D eigenvalue weighted by atomic mass is 9.85. The van der Waals surface area contributed by atoms with Gasteiger partial charge in [-0.3, -0.25) is 0 Å². The first-order valence-corrected chi connectivity index (χ1v) is 4.04. The third-order valence-electron chi connectivity index (χ3n) is 1.50. The minimum atomic E-state index is -1.77. The number of ether oxygens (including phenoxy) is 1. The van der Waals surface area contributed by atoms with E-state index < -0.39 is 13.1 Å². The number of hydrogen-bond acceptors (Lipinski definition) is 5. The molecule has 0 aromatic carbocycles. The molecule has 1 heterocycles. The smallest absolute Gasteiger partial charge is 0.465 e. The summed E-state index contributed by atoms with van der Waals surface area (Å²) in [4.78, 5) is 14.7. The number of aromatic nitrogens is 1. The molecule has 0 atom stereocenters. The number of rotatable bonds is 2. The van der Waals surface area contributed by atoms with Gasteiger partial charge in [0, 0.05) is 0 Å². The Morgan fingerprint density at radius 3 is 2.71 bits per heavy atom. The Balaban J connectivity index is 3.13. The molecule has 0 radical (unpaired) electrons. The quantitative estimate of drug-likeness (QED) is 0.384. The van der Waals surface area contributed by atoms with Crippen LogP contribution in [-0.2, 0) is 4.74 Å². The Kier molecular flexibility index (Phi) is 3.46. The maximum absolute atomic E-state index is 11.1. The normalized spacial score (nSPS) is 9.71. The molecular weight excluding hydrogens is 208 g/mol. The van der Waals surface area contributed by atoms with Crippen molar-refractivity contribution in [1.82, 2.24) is 4.98 Å². The van der Waals surface area contributed by atoms with Crippen LogP contribution >= 0.6 is 11.6 Å². The van der Waals surface area contributed by atoms with Gasteiger partial charge >= 0.3 is 13.1 Å². The van der Waals surface area contributed by atoms with Gasteiger partial charge in [0.25, 0.3) is 0 Å². The van der Waals surface area contributed by atoms with E-state index in [9.17, 15) is 4.79 Å². The van der Waals surface area contributed by atoms with Gasteiger partial charge in [-0.15, -0.1) is 0 Å². The standard InChI is InChI=1S/C7H7BClNO4/c1-14-7(11)4-2-5(8(12)13)10-6(9)3-4/h2-3,12-13H,1H3. The SMILES string of the molecule is COC(=O)c1cc(Cl)nc(B(O)O)c1. The van der Waals surface area contributed by atoms with E-state index in [0.717, 1.165) is 0 Å². The zero-order chi connectivity index (χ0) is 10.7. The predicted octanol–water partition coefficient (Wildman–Crippen LogP) is -0.799. The van der Waals surface area contributed by atoms with Crippen molar-refractivity contribution < 1.29 is 19.6 Å². The van der Waals surface area contributed by atoms with Crippen molar-refractivity contribution >= 4 is 30.3 Å². The summed E-state index contributed by atoms with van der Waals surface area (Å²) in [6.45, 7) is 0. The molecule has 0 aliphatic rings. The van der Waals surface area contributed by atoms with E-state index in [1.807, 2.05) is 0 Å². The van der Waals surface area contributed by atoms with E-state index in [0.29, 0.717) is 0 Å². The van der Waals surface area contributed by atoms with E-state index in [2.05, 4.69) is 9.72 Å². The van der Waals surface area contributed by atoms with E-state index in [1.165, 1.54) is 19.2 Å². The predicted molar refractivity (Wildman–Crippen MR) is 50.4 cm³/mol. The van der Waals surface area contributed by atoms with Crippen LogP contribution in [0.15, 0.2) is 12.1 Å². The molecule has 0 saturated heterocycles. The minimum Gasteiger partial charge on any atom is -0.465 e. The Labute approximate surface area is 85.4 Å². The molecule has 0 amide bonds. The van der Waals surface area contributed by atoms with Crippen LogP contribution in [0, 0.1) is 0 Å². The molecule has 14 heavy (non-hydrogen) atoms. The summed E-state index contributed by atoms with van der Waals surface area (Å²) in [5.41, 5.74) is 0.0218. The maximum atomic E-state index is 11.1. The van der Waals surface area contributed by atoms with E-state index in [1.54, 1.807) is 0 Å². The topological polar surface area (TPSA) is 79.7 Å². The molecule has 1 aromatic heterocycles. The molecule has 0 saturated carbocycles. The summed E-state index contributed by atoms with van der Waals surface area (Å²) >= 11 is 5.55. The molecule has 0 bridgehead atoms. The fraction of sp³-hybridized carbons (Fsp3) is 0.143. The molecule has 0 fully saturated rings. The highest BCUT2D eigenvalue weighted by Gasteiger charge is 2.17. The van der Waals surface area contributed by atoms with Gasteiger partial charge in [-0.1, -0.05) is 11.6 Å². The molecule has 0 aliphatic heterocycles. The van der Waals surface area contributed by atoms with Crippen LogP contribution in [0.1, 0.15) is 10.4 Å². The van der Waals surface area contributed by atoms with Gasteiger partial charge in [0.05, 0.1) is 18.3 Å². The lowest BCUT2D eigenvalue weighted by Gasteiger charge is -2.03. The third-order valence-corrected chi connectivity index (χ3v) is 1.69. The van der Waals surface area contributed by atoms with Gasteiger partial charge in [-0.2, -0.15) is 0 Å². The molecule has 0 aliphatic carbocycles. The summed E-state index contributed by atoms with van der Waals surface area (Å²) in [6.07, 6.45) is 0. The maximum Gasteiger partial charge on any atom is 0.508 e. The Morgan fingerprint density at radius 2 is 2.21 bits per heavy atom. The largest absolute Gasteiger partial charge is 0.508 e. The van der Waals surface area contributed by atoms with Crippen LogP contribution in [0.2, 0.25) is 5.15 Å². The molecule has 5 nitrogen and oxygen atoms in total. The van der Waals surface area contributed by atoms with Crippen LogP contribution in [0.25, 0.3) is 0 Å². The minimum absolute atomic E-state index is 0.00370. The van der Waals surface area contributed by atoms with E-state index >= 15 is 0 Å². The molecule has 1 rings (SSSR count). The third kappa shape index (κ3) is 2.44. The van der Waals surface area contributed by atoms with Gasteiger partial charge in [0.2, 0.25) is 0 Å². The summed E-state index contributed by atoms with van der Waals surface area (Å²) in [5, 5.41) is 17.6. The average Bonchev–Trinajstić information content (AvgIpc) is 2.15. The molecule has 7 heteroatoms. The van der Waals surface area contributed by atoms with Crippen molar-refractivity contribution in [3.8, 4) is 0 Å². The van der Waals surface area contributed by atoms with Crippen LogP contribution in [0.4, 0.5) is 0 Å². The summed E-state index contributed by atoms with van der Waals surface area (Å²) < 4.78 is 4.44. The molecule has 0 spiro atoms. The first-order valence-electron chi connectivity index (χ1n) is 3.66. The van der Waals surface area contributed by atoms with Crippen LogP contribution < -0.4 is 5.59 Å². The zero-order valence-electron chi connectivity index (χ0n) is 7.27. The zero-order valence-corrected chi connectivity index (χ0v) is 8.02. The number of carbonyl (C=O) groups is 1. The van der Waals surface area contributed by atoms with E-state index in [4.69, 9.17) is 21.6 Å². The number of pyridine rings is 1. The van der Waals surface area contributed by atoms with Crippen molar-refractivity contribution in [2.75, 3.05) is 7.11 Å².